The fourth-order valence-electron chi connectivity index (χ4n) is 5.34. The highest BCUT2D eigenvalue weighted by Gasteiger charge is 2.52. The Morgan fingerprint density at radius 2 is 1.33 bits per heavy atom. The van der Waals surface area contributed by atoms with Gasteiger partial charge < -0.3 is 13.3 Å². The Kier molecular flexibility index (Phi) is 16.2. The highest BCUT2D eigenvalue weighted by Crippen LogP contribution is 2.46. The second-order valence-electron chi connectivity index (χ2n) is 10.2. The lowest BCUT2D eigenvalue weighted by Gasteiger charge is -2.43. The van der Waals surface area contributed by atoms with E-state index in [0.29, 0.717) is 25.2 Å². The van der Waals surface area contributed by atoms with Gasteiger partial charge in [-0.15, -0.1) is 0 Å². The fourth-order valence-corrected chi connectivity index (χ4v) is 12.4. The normalized spacial score (nSPS) is 17.3. The van der Waals surface area contributed by atoms with E-state index in [9.17, 15) is 4.79 Å². The predicted molar refractivity (Wildman–Crippen MR) is 144 cm³/mol. The molecule has 0 aliphatic heterocycles. The minimum Gasteiger partial charge on any atom is -0.518 e. The largest absolute Gasteiger partial charge is 0.518 e. The zero-order valence-corrected chi connectivity index (χ0v) is 24.9. The molecule has 1 fully saturated rings. The van der Waals surface area contributed by atoms with Gasteiger partial charge in [-0.05, 0) is 57.7 Å². The minimum atomic E-state index is -2.22. The van der Waals surface area contributed by atoms with Gasteiger partial charge in [-0.2, -0.15) is 0 Å². The van der Waals surface area contributed by atoms with Gasteiger partial charge >= 0.3 is 9.28 Å². The number of unbranched alkanes of at least 4 members (excludes halogenated alkanes) is 6. The van der Waals surface area contributed by atoms with Crippen molar-refractivity contribution in [2.75, 3.05) is 13.2 Å². The maximum Gasteiger partial charge on any atom is 0.402 e. The molecule has 0 amide bonds. The molecule has 1 radical (unpaired) electrons. The summed E-state index contributed by atoms with van der Waals surface area (Å²) in [5.41, 5.74) is 0.634. The van der Waals surface area contributed by atoms with Crippen molar-refractivity contribution >= 4 is 23.6 Å². The summed E-state index contributed by atoms with van der Waals surface area (Å²) in [6, 6.07) is 2.31. The Morgan fingerprint density at radius 3 is 1.76 bits per heavy atom. The molecule has 0 aromatic rings. The van der Waals surface area contributed by atoms with Gasteiger partial charge in [0.15, 0.2) is 0 Å². The van der Waals surface area contributed by atoms with Crippen LogP contribution in [0.15, 0.2) is 0 Å². The highest BCUT2D eigenvalue weighted by molar-refractivity contribution is 6.77. The molecule has 1 aliphatic rings. The van der Waals surface area contributed by atoms with Gasteiger partial charge in [0.05, 0.1) is 0 Å². The maximum atomic E-state index is 14.0. The van der Waals surface area contributed by atoms with Crippen LogP contribution in [0.1, 0.15) is 131 Å². The van der Waals surface area contributed by atoms with Gasteiger partial charge in [-0.1, -0.05) is 91.4 Å². The van der Waals surface area contributed by atoms with E-state index in [-0.39, 0.29) is 5.97 Å². The highest BCUT2D eigenvalue weighted by atomic mass is 28.4. The van der Waals surface area contributed by atoms with Crippen molar-refractivity contribution in [3.05, 3.63) is 0 Å². The first kappa shape index (κ1) is 30.9. The van der Waals surface area contributed by atoms with E-state index in [0.717, 1.165) is 12.1 Å². The van der Waals surface area contributed by atoms with Crippen LogP contribution in [0.2, 0.25) is 22.7 Å². The standard InChI is InChI=1S/C27H55O4Si2/c1-7-12-14-19-23-33(24-20-15-13-8-2,25-21-17-16-18-22-25)31-26(28)27(6,9-3)32(29-10-4)30-11-5/h25H,7-24H2,1-6H3. The van der Waals surface area contributed by atoms with Crippen molar-refractivity contribution in [1.29, 1.82) is 0 Å². The Hall–Kier alpha value is -0.176. The summed E-state index contributed by atoms with van der Waals surface area (Å²) in [7, 11) is -3.96. The molecular formula is C27H55O4Si2. The van der Waals surface area contributed by atoms with E-state index in [1.165, 1.54) is 83.5 Å². The van der Waals surface area contributed by atoms with Crippen molar-refractivity contribution in [3.8, 4) is 0 Å². The Labute approximate surface area is 208 Å². The number of carbonyl (C=O) groups is 1. The van der Waals surface area contributed by atoms with Crippen molar-refractivity contribution < 1.29 is 18.1 Å². The molecule has 1 aliphatic carbocycles. The van der Waals surface area contributed by atoms with E-state index in [1.807, 2.05) is 20.8 Å². The van der Waals surface area contributed by atoms with Crippen LogP contribution in [0.25, 0.3) is 0 Å². The predicted octanol–water partition coefficient (Wildman–Crippen LogP) is 8.70. The van der Waals surface area contributed by atoms with Crippen LogP contribution < -0.4 is 0 Å². The van der Waals surface area contributed by atoms with E-state index >= 15 is 0 Å². The number of hydrogen-bond donors (Lipinski definition) is 0. The van der Waals surface area contributed by atoms with Crippen molar-refractivity contribution in [1.82, 2.24) is 0 Å². The molecule has 1 saturated carbocycles. The lowest BCUT2D eigenvalue weighted by atomic mass is 10.0. The van der Waals surface area contributed by atoms with Gasteiger partial charge in [0, 0.05) is 13.2 Å². The molecule has 4 nitrogen and oxygen atoms in total. The Balaban J connectivity index is 3.20. The van der Waals surface area contributed by atoms with Crippen molar-refractivity contribution in [3.63, 3.8) is 0 Å². The summed E-state index contributed by atoms with van der Waals surface area (Å²) >= 11 is 0. The molecular weight excluding hydrogens is 444 g/mol. The zero-order chi connectivity index (χ0) is 24.6. The third kappa shape index (κ3) is 9.77. The second-order valence-corrected chi connectivity index (χ2v) is 16.7. The van der Waals surface area contributed by atoms with Crippen LogP contribution in [0.5, 0.6) is 0 Å². The quantitative estimate of drug-likeness (QED) is 0.132. The minimum absolute atomic E-state index is 0.0102. The fraction of sp³-hybridized carbons (Fsp3) is 0.963. The molecule has 6 heteroatoms. The molecule has 0 bridgehead atoms. The van der Waals surface area contributed by atoms with Crippen LogP contribution in [0.3, 0.4) is 0 Å². The van der Waals surface area contributed by atoms with Gasteiger partial charge in [-0.25, -0.2) is 0 Å². The Bertz CT molecular complexity index is 492. The smallest absolute Gasteiger partial charge is 0.402 e. The van der Waals surface area contributed by atoms with Crippen LogP contribution in [-0.2, 0) is 18.1 Å². The Morgan fingerprint density at radius 1 is 0.818 bits per heavy atom. The first-order chi connectivity index (χ1) is 15.9. The van der Waals surface area contributed by atoms with Crippen LogP contribution in [0, 0.1) is 0 Å². The van der Waals surface area contributed by atoms with Gasteiger partial charge in [0.1, 0.15) is 5.04 Å². The summed E-state index contributed by atoms with van der Waals surface area (Å²) in [5, 5.41) is -0.656. The van der Waals surface area contributed by atoms with Crippen LogP contribution >= 0.6 is 0 Å². The van der Waals surface area contributed by atoms with E-state index in [4.69, 9.17) is 13.3 Å². The molecule has 33 heavy (non-hydrogen) atoms. The molecule has 0 aromatic carbocycles. The number of hydrogen-bond acceptors (Lipinski definition) is 4. The number of carbonyl (C=O) groups excluding carboxylic acids is 1. The molecule has 1 rings (SSSR count). The maximum absolute atomic E-state index is 14.0. The van der Waals surface area contributed by atoms with E-state index < -0.39 is 22.6 Å². The second kappa shape index (κ2) is 17.3. The van der Waals surface area contributed by atoms with Crippen molar-refractivity contribution in [2.24, 2.45) is 0 Å². The molecule has 0 aromatic heterocycles. The van der Waals surface area contributed by atoms with Gasteiger partial charge in [0.2, 0.25) is 0 Å². The van der Waals surface area contributed by atoms with E-state index in [1.54, 1.807) is 0 Å². The van der Waals surface area contributed by atoms with Crippen LogP contribution in [-0.4, -0.2) is 36.8 Å². The number of rotatable bonds is 19. The average molecular weight is 500 g/mol. The molecule has 0 N–H and O–H groups in total. The third-order valence-corrected chi connectivity index (χ3v) is 15.3. The summed E-state index contributed by atoms with van der Waals surface area (Å²) in [5.74, 6) is -0.0102. The first-order valence-corrected chi connectivity index (χ1v) is 18.0. The molecule has 0 spiro atoms. The summed E-state index contributed by atoms with van der Waals surface area (Å²) < 4.78 is 19.0. The molecule has 1 atom stereocenters. The van der Waals surface area contributed by atoms with Gasteiger partial charge in [0.25, 0.3) is 14.3 Å². The first-order valence-electron chi connectivity index (χ1n) is 14.3. The van der Waals surface area contributed by atoms with Crippen molar-refractivity contribution in [2.45, 2.75) is 154 Å². The SMILES string of the molecule is CCCCCC[Si](CCCCCC)(OC(=O)C(C)(CC)[Si](OCC)OCC)C1CCCCC1. The average Bonchev–Trinajstić information content (AvgIpc) is 2.84. The monoisotopic (exact) mass is 499 g/mol. The lowest BCUT2D eigenvalue weighted by molar-refractivity contribution is -0.139. The summed E-state index contributed by atoms with van der Waals surface area (Å²) in [4.78, 5) is 14.0. The molecule has 0 heterocycles. The lowest BCUT2D eigenvalue weighted by Crippen LogP contribution is -2.51. The van der Waals surface area contributed by atoms with Crippen LogP contribution in [0.4, 0.5) is 0 Å². The summed E-state index contributed by atoms with van der Waals surface area (Å²) in [6.07, 6.45) is 17.2. The zero-order valence-electron chi connectivity index (χ0n) is 22.9. The van der Waals surface area contributed by atoms with E-state index in [2.05, 4.69) is 20.8 Å². The summed E-state index contributed by atoms with van der Waals surface area (Å²) in [6.45, 7) is 13.8. The third-order valence-electron chi connectivity index (χ3n) is 7.71. The topological polar surface area (TPSA) is 44.8 Å². The van der Waals surface area contributed by atoms with Gasteiger partial charge in [-0.3, -0.25) is 4.79 Å². The molecule has 0 saturated heterocycles. The molecule has 195 valence electrons. The molecule has 1 unspecified atom stereocenters.